The van der Waals surface area contributed by atoms with Gasteiger partial charge in [-0.1, -0.05) is 25.5 Å². The molecule has 0 atom stereocenters. The van der Waals surface area contributed by atoms with E-state index in [1.54, 1.807) is 0 Å². The number of rotatable bonds is 3. The van der Waals surface area contributed by atoms with Crippen LogP contribution in [0.3, 0.4) is 0 Å². The predicted molar refractivity (Wildman–Crippen MR) is 70.5 cm³/mol. The van der Waals surface area contributed by atoms with E-state index in [2.05, 4.69) is 70.3 Å². The fraction of sp³-hybridized carbons (Fsp3) is 0.400. The van der Waals surface area contributed by atoms with Crippen LogP contribution in [0.2, 0.25) is 0 Å². The van der Waals surface area contributed by atoms with Crippen LogP contribution in [0.4, 0.5) is 0 Å². The van der Waals surface area contributed by atoms with Gasteiger partial charge in [0.05, 0.1) is 0 Å². The zero-order chi connectivity index (χ0) is 8.97. The van der Waals surface area contributed by atoms with Crippen molar-refractivity contribution in [3.05, 3.63) is 30.9 Å². The van der Waals surface area contributed by atoms with Gasteiger partial charge in [-0.15, -0.1) is 0 Å². The van der Waals surface area contributed by atoms with Gasteiger partial charge in [-0.3, -0.25) is 0 Å². The third-order valence-corrected chi connectivity index (χ3v) is 5.04. The van der Waals surface area contributed by atoms with Crippen molar-refractivity contribution >= 4 is 45.2 Å². The van der Waals surface area contributed by atoms with Crippen LogP contribution >= 0.6 is 45.2 Å². The highest BCUT2D eigenvalue weighted by molar-refractivity contribution is 14.1. The van der Waals surface area contributed by atoms with Crippen LogP contribution in [0, 0.1) is 7.14 Å². The molecule has 66 valence electrons. The Morgan fingerprint density at radius 1 is 1.25 bits per heavy atom. The average molecular weight is 386 g/mol. The molecule has 0 fully saturated rings. The lowest BCUT2D eigenvalue weighted by molar-refractivity contribution is 0.792. The number of hydrogen-bond acceptors (Lipinski definition) is 0. The summed E-state index contributed by atoms with van der Waals surface area (Å²) in [5.41, 5.74) is 1.50. The van der Waals surface area contributed by atoms with Crippen molar-refractivity contribution in [3.8, 4) is 0 Å². The number of aryl methyl sites for hydroxylation is 1. The third-order valence-electron chi connectivity index (χ3n) is 1.83. The summed E-state index contributed by atoms with van der Waals surface area (Å²) in [5, 5.41) is 0. The van der Waals surface area contributed by atoms with E-state index in [1.165, 1.54) is 32.0 Å². The first-order chi connectivity index (χ1) is 5.75. The molecule has 0 heterocycles. The van der Waals surface area contributed by atoms with Gasteiger partial charge in [-0.2, -0.15) is 0 Å². The smallest absolute Gasteiger partial charge is 0.0295 e. The molecule has 1 aromatic carbocycles. The molecule has 12 heavy (non-hydrogen) atoms. The van der Waals surface area contributed by atoms with Crippen molar-refractivity contribution in [2.24, 2.45) is 0 Å². The Bertz CT molecular complexity index is 256. The number of hydrogen-bond donors (Lipinski definition) is 0. The molecule has 1 rings (SSSR count). The Balaban J connectivity index is 2.78. The summed E-state index contributed by atoms with van der Waals surface area (Å²) in [4.78, 5) is 0. The standard InChI is InChI=1S/C10H12I2/c1-2-3-5-8-6-4-7-9(11)10(8)12/h4,6-7H,2-3,5H2,1H3. The van der Waals surface area contributed by atoms with E-state index in [1.807, 2.05) is 0 Å². The first kappa shape index (κ1) is 10.8. The summed E-state index contributed by atoms with van der Waals surface area (Å²) in [5.74, 6) is 0. The number of benzene rings is 1. The van der Waals surface area contributed by atoms with Gasteiger partial charge in [-0.25, -0.2) is 0 Å². The van der Waals surface area contributed by atoms with Crippen molar-refractivity contribution in [2.75, 3.05) is 0 Å². The molecule has 0 aliphatic rings. The molecule has 0 N–H and O–H groups in total. The Kier molecular flexibility index (Phi) is 4.86. The van der Waals surface area contributed by atoms with E-state index in [9.17, 15) is 0 Å². The normalized spacial score (nSPS) is 10.2. The van der Waals surface area contributed by atoms with Crippen LogP contribution < -0.4 is 0 Å². The van der Waals surface area contributed by atoms with Gasteiger partial charge in [0.2, 0.25) is 0 Å². The van der Waals surface area contributed by atoms with Gasteiger partial charge in [0.15, 0.2) is 0 Å². The van der Waals surface area contributed by atoms with E-state index in [4.69, 9.17) is 0 Å². The lowest BCUT2D eigenvalue weighted by Gasteiger charge is -2.04. The second-order valence-electron chi connectivity index (χ2n) is 2.82. The van der Waals surface area contributed by atoms with E-state index in [-0.39, 0.29) is 0 Å². The molecule has 0 aromatic heterocycles. The van der Waals surface area contributed by atoms with E-state index in [0.717, 1.165) is 0 Å². The molecule has 1 aromatic rings. The minimum Gasteiger partial charge on any atom is -0.0654 e. The van der Waals surface area contributed by atoms with E-state index in [0.29, 0.717) is 0 Å². The fourth-order valence-electron chi connectivity index (χ4n) is 1.11. The molecule has 0 spiro atoms. The maximum Gasteiger partial charge on any atom is 0.0295 e. The molecule has 0 unspecified atom stereocenters. The monoisotopic (exact) mass is 386 g/mol. The second kappa shape index (κ2) is 5.42. The summed E-state index contributed by atoms with van der Waals surface area (Å²) in [6.07, 6.45) is 3.81. The molecular weight excluding hydrogens is 374 g/mol. The highest BCUT2D eigenvalue weighted by Gasteiger charge is 2.01. The minimum absolute atomic E-state index is 1.23. The van der Waals surface area contributed by atoms with Gasteiger partial charge in [0, 0.05) is 7.14 Å². The lowest BCUT2D eigenvalue weighted by atomic mass is 10.1. The Hall–Kier alpha value is 0.680. The first-order valence-electron chi connectivity index (χ1n) is 4.18. The van der Waals surface area contributed by atoms with Crippen molar-refractivity contribution in [2.45, 2.75) is 26.2 Å². The Morgan fingerprint density at radius 3 is 2.67 bits per heavy atom. The van der Waals surface area contributed by atoms with Crippen LogP contribution in [-0.2, 0) is 6.42 Å². The number of unbranched alkanes of at least 4 members (excludes halogenated alkanes) is 1. The largest absolute Gasteiger partial charge is 0.0654 e. The average Bonchev–Trinajstić information content (AvgIpc) is 2.08. The molecule has 0 saturated carbocycles. The van der Waals surface area contributed by atoms with Crippen LogP contribution in [0.5, 0.6) is 0 Å². The maximum atomic E-state index is 2.44. The topological polar surface area (TPSA) is 0 Å². The molecular formula is C10H12I2. The van der Waals surface area contributed by atoms with Gasteiger partial charge >= 0.3 is 0 Å². The molecule has 0 amide bonds. The van der Waals surface area contributed by atoms with E-state index >= 15 is 0 Å². The predicted octanol–water partition coefficient (Wildman–Crippen LogP) is 4.24. The second-order valence-corrected chi connectivity index (χ2v) is 5.06. The molecule has 0 saturated heterocycles. The zero-order valence-corrected chi connectivity index (χ0v) is 11.4. The first-order valence-corrected chi connectivity index (χ1v) is 6.34. The van der Waals surface area contributed by atoms with Crippen molar-refractivity contribution in [1.82, 2.24) is 0 Å². The van der Waals surface area contributed by atoms with Crippen LogP contribution in [0.25, 0.3) is 0 Å². The van der Waals surface area contributed by atoms with Crippen LogP contribution in [0.15, 0.2) is 18.2 Å². The quantitative estimate of drug-likeness (QED) is 0.683. The summed E-state index contributed by atoms with van der Waals surface area (Å²) >= 11 is 4.83. The molecule has 0 bridgehead atoms. The Labute approximate surface area is 101 Å². The van der Waals surface area contributed by atoms with Gasteiger partial charge in [-0.05, 0) is 69.7 Å². The maximum absolute atomic E-state index is 2.44. The van der Waals surface area contributed by atoms with Gasteiger partial charge in [0.25, 0.3) is 0 Å². The zero-order valence-electron chi connectivity index (χ0n) is 7.11. The summed E-state index contributed by atoms with van der Waals surface area (Å²) in [7, 11) is 0. The summed E-state index contributed by atoms with van der Waals surface area (Å²) < 4.78 is 2.81. The summed E-state index contributed by atoms with van der Waals surface area (Å²) in [6, 6.07) is 6.55. The third kappa shape index (κ3) is 2.87. The Morgan fingerprint density at radius 2 is 2.00 bits per heavy atom. The lowest BCUT2D eigenvalue weighted by Crippen LogP contribution is -1.91. The van der Waals surface area contributed by atoms with Crippen molar-refractivity contribution < 1.29 is 0 Å². The molecule has 0 aliphatic carbocycles. The van der Waals surface area contributed by atoms with Crippen molar-refractivity contribution in [3.63, 3.8) is 0 Å². The highest BCUT2D eigenvalue weighted by atomic mass is 127. The molecule has 0 aliphatic heterocycles. The van der Waals surface area contributed by atoms with Crippen molar-refractivity contribution in [1.29, 1.82) is 0 Å². The van der Waals surface area contributed by atoms with Gasteiger partial charge in [0.1, 0.15) is 0 Å². The highest BCUT2D eigenvalue weighted by Crippen LogP contribution is 2.20. The fourth-order valence-corrected chi connectivity index (χ4v) is 2.29. The minimum atomic E-state index is 1.23. The summed E-state index contributed by atoms with van der Waals surface area (Å²) in [6.45, 7) is 2.24. The molecule has 0 nitrogen and oxygen atoms in total. The number of halogens is 2. The van der Waals surface area contributed by atoms with E-state index < -0.39 is 0 Å². The molecule has 2 heteroatoms. The molecule has 0 radical (unpaired) electrons. The van der Waals surface area contributed by atoms with Gasteiger partial charge < -0.3 is 0 Å². The van der Waals surface area contributed by atoms with Crippen LogP contribution in [-0.4, -0.2) is 0 Å². The van der Waals surface area contributed by atoms with Crippen LogP contribution in [0.1, 0.15) is 25.3 Å². The SMILES string of the molecule is CCCCc1cccc(I)c1I.